The fourth-order valence-corrected chi connectivity index (χ4v) is 0.943. The SMILES string of the molecule is O=C(NOCC(F)(F)F)C1CCC1. The summed E-state index contributed by atoms with van der Waals surface area (Å²) >= 11 is 0. The molecule has 0 spiro atoms. The number of carbonyl (C=O) groups excluding carboxylic acids is 1. The molecule has 1 saturated carbocycles. The highest BCUT2D eigenvalue weighted by molar-refractivity contribution is 5.78. The average Bonchev–Trinajstić information content (AvgIpc) is 1.79. The Morgan fingerprint density at radius 1 is 1.46 bits per heavy atom. The van der Waals surface area contributed by atoms with Crippen LogP contribution in [0.5, 0.6) is 0 Å². The van der Waals surface area contributed by atoms with Crippen molar-refractivity contribution < 1.29 is 22.8 Å². The van der Waals surface area contributed by atoms with Crippen LogP contribution in [-0.2, 0) is 9.63 Å². The summed E-state index contributed by atoms with van der Waals surface area (Å²) in [4.78, 5) is 14.9. The van der Waals surface area contributed by atoms with E-state index in [1.807, 2.05) is 0 Å². The van der Waals surface area contributed by atoms with Crippen molar-refractivity contribution in [3.8, 4) is 0 Å². The molecule has 0 saturated heterocycles. The number of amides is 1. The predicted molar refractivity (Wildman–Crippen MR) is 37.5 cm³/mol. The molecule has 0 radical (unpaired) electrons. The van der Waals surface area contributed by atoms with Gasteiger partial charge in [-0.1, -0.05) is 6.42 Å². The lowest BCUT2D eigenvalue weighted by atomic mass is 9.85. The molecule has 0 aromatic heterocycles. The van der Waals surface area contributed by atoms with Crippen molar-refractivity contribution in [1.82, 2.24) is 5.48 Å². The molecule has 1 N–H and O–H groups in total. The molecule has 6 heteroatoms. The Balaban J connectivity index is 2.08. The Morgan fingerprint density at radius 3 is 2.46 bits per heavy atom. The summed E-state index contributed by atoms with van der Waals surface area (Å²) < 4.78 is 34.6. The maximum atomic E-state index is 11.5. The molecule has 13 heavy (non-hydrogen) atoms. The molecular formula is C7H10F3NO2. The molecule has 0 unspecified atom stereocenters. The number of carbonyl (C=O) groups is 1. The molecule has 0 bridgehead atoms. The summed E-state index contributed by atoms with van der Waals surface area (Å²) in [6.07, 6.45) is -1.97. The molecule has 0 aromatic rings. The van der Waals surface area contributed by atoms with Gasteiger partial charge in [0.1, 0.15) is 0 Å². The van der Waals surface area contributed by atoms with Gasteiger partial charge in [-0.3, -0.25) is 9.63 Å². The Kier molecular flexibility index (Phi) is 3.13. The van der Waals surface area contributed by atoms with Gasteiger partial charge in [-0.15, -0.1) is 0 Å². The van der Waals surface area contributed by atoms with E-state index in [-0.39, 0.29) is 5.92 Å². The van der Waals surface area contributed by atoms with Crippen LogP contribution >= 0.6 is 0 Å². The van der Waals surface area contributed by atoms with Crippen molar-refractivity contribution in [2.24, 2.45) is 5.92 Å². The van der Waals surface area contributed by atoms with Gasteiger partial charge in [0.05, 0.1) is 0 Å². The first-order chi connectivity index (χ1) is 5.99. The smallest absolute Gasteiger partial charge is 0.273 e. The summed E-state index contributed by atoms with van der Waals surface area (Å²) in [5, 5.41) is 0. The van der Waals surface area contributed by atoms with Gasteiger partial charge >= 0.3 is 6.18 Å². The second-order valence-electron chi connectivity index (χ2n) is 3.00. The van der Waals surface area contributed by atoms with Crippen LogP contribution < -0.4 is 5.48 Å². The molecule has 0 aliphatic heterocycles. The van der Waals surface area contributed by atoms with E-state index in [4.69, 9.17) is 0 Å². The van der Waals surface area contributed by atoms with Crippen molar-refractivity contribution in [2.45, 2.75) is 25.4 Å². The van der Waals surface area contributed by atoms with Gasteiger partial charge in [0.15, 0.2) is 6.61 Å². The lowest BCUT2D eigenvalue weighted by molar-refractivity contribution is -0.193. The molecule has 0 atom stereocenters. The highest BCUT2D eigenvalue weighted by Gasteiger charge is 2.30. The van der Waals surface area contributed by atoms with E-state index in [0.717, 1.165) is 19.3 Å². The summed E-state index contributed by atoms with van der Waals surface area (Å²) in [6, 6.07) is 0. The summed E-state index contributed by atoms with van der Waals surface area (Å²) in [6.45, 7) is -1.44. The van der Waals surface area contributed by atoms with E-state index in [1.54, 1.807) is 5.48 Å². The first-order valence-corrected chi connectivity index (χ1v) is 3.97. The molecule has 76 valence electrons. The highest BCUT2D eigenvalue weighted by Crippen LogP contribution is 2.26. The number of halogens is 3. The Morgan fingerprint density at radius 2 is 2.08 bits per heavy atom. The normalized spacial score (nSPS) is 18.1. The average molecular weight is 197 g/mol. The largest absolute Gasteiger partial charge is 0.414 e. The fourth-order valence-electron chi connectivity index (χ4n) is 0.943. The molecular weight excluding hydrogens is 187 g/mol. The molecule has 0 aromatic carbocycles. The quantitative estimate of drug-likeness (QED) is 0.694. The number of rotatable bonds is 3. The van der Waals surface area contributed by atoms with Crippen LogP contribution in [0.2, 0.25) is 0 Å². The minimum Gasteiger partial charge on any atom is -0.273 e. The first kappa shape index (κ1) is 10.3. The lowest BCUT2D eigenvalue weighted by Gasteiger charge is -2.23. The van der Waals surface area contributed by atoms with Crippen LogP contribution in [0.25, 0.3) is 0 Å². The number of alkyl halides is 3. The zero-order chi connectivity index (χ0) is 9.90. The van der Waals surface area contributed by atoms with Crippen LogP contribution in [0.1, 0.15) is 19.3 Å². The van der Waals surface area contributed by atoms with E-state index in [0.29, 0.717) is 0 Å². The molecule has 1 rings (SSSR count). The summed E-state index contributed by atoms with van der Waals surface area (Å²) in [5.74, 6) is -0.608. The van der Waals surface area contributed by atoms with Crippen molar-refractivity contribution in [3.63, 3.8) is 0 Å². The van der Waals surface area contributed by atoms with E-state index in [2.05, 4.69) is 4.84 Å². The van der Waals surface area contributed by atoms with Gasteiger partial charge in [-0.05, 0) is 12.8 Å². The second-order valence-corrected chi connectivity index (χ2v) is 3.00. The molecule has 1 fully saturated rings. The van der Waals surface area contributed by atoms with Crippen molar-refractivity contribution in [3.05, 3.63) is 0 Å². The minimum atomic E-state index is -4.40. The number of hydroxylamine groups is 1. The highest BCUT2D eigenvalue weighted by atomic mass is 19.4. The minimum absolute atomic E-state index is 0.159. The van der Waals surface area contributed by atoms with Gasteiger partial charge in [-0.25, -0.2) is 5.48 Å². The third-order valence-electron chi connectivity index (χ3n) is 1.88. The zero-order valence-electron chi connectivity index (χ0n) is 6.86. The van der Waals surface area contributed by atoms with E-state index < -0.39 is 18.7 Å². The van der Waals surface area contributed by atoms with Crippen molar-refractivity contribution >= 4 is 5.91 Å². The molecule has 3 nitrogen and oxygen atoms in total. The van der Waals surface area contributed by atoms with Crippen molar-refractivity contribution in [1.29, 1.82) is 0 Å². The van der Waals surface area contributed by atoms with Crippen LogP contribution in [-0.4, -0.2) is 18.7 Å². The van der Waals surface area contributed by atoms with Crippen LogP contribution in [0.4, 0.5) is 13.2 Å². The fraction of sp³-hybridized carbons (Fsp3) is 0.857. The summed E-state index contributed by atoms with van der Waals surface area (Å²) in [7, 11) is 0. The Labute approximate surface area is 73.2 Å². The molecule has 1 amide bonds. The van der Waals surface area contributed by atoms with E-state index >= 15 is 0 Å². The molecule has 1 aliphatic carbocycles. The van der Waals surface area contributed by atoms with E-state index in [1.165, 1.54) is 0 Å². The monoisotopic (exact) mass is 197 g/mol. The van der Waals surface area contributed by atoms with Gasteiger partial charge in [0, 0.05) is 5.92 Å². The predicted octanol–water partition coefficient (Wildman–Crippen LogP) is 1.40. The third kappa shape index (κ3) is 3.63. The zero-order valence-corrected chi connectivity index (χ0v) is 6.86. The third-order valence-corrected chi connectivity index (χ3v) is 1.88. The van der Waals surface area contributed by atoms with Gasteiger partial charge in [0.25, 0.3) is 0 Å². The number of hydrogen-bond donors (Lipinski definition) is 1. The maximum Gasteiger partial charge on any atom is 0.414 e. The van der Waals surface area contributed by atoms with Gasteiger partial charge in [-0.2, -0.15) is 13.2 Å². The standard InChI is InChI=1S/C7H10F3NO2/c8-7(9,10)4-13-11-6(12)5-2-1-3-5/h5H,1-4H2,(H,11,12). The van der Waals surface area contributed by atoms with Crippen LogP contribution in [0.3, 0.4) is 0 Å². The van der Waals surface area contributed by atoms with Crippen LogP contribution in [0.15, 0.2) is 0 Å². The topological polar surface area (TPSA) is 38.3 Å². The van der Waals surface area contributed by atoms with Gasteiger partial charge < -0.3 is 0 Å². The first-order valence-electron chi connectivity index (χ1n) is 3.97. The Bertz CT molecular complexity index is 189. The summed E-state index contributed by atoms with van der Waals surface area (Å²) in [5.41, 5.74) is 1.78. The van der Waals surface area contributed by atoms with Crippen LogP contribution in [0, 0.1) is 5.92 Å². The number of hydrogen-bond acceptors (Lipinski definition) is 2. The van der Waals surface area contributed by atoms with Gasteiger partial charge in [0.2, 0.25) is 5.91 Å². The second kappa shape index (κ2) is 3.95. The van der Waals surface area contributed by atoms with E-state index in [9.17, 15) is 18.0 Å². The van der Waals surface area contributed by atoms with Crippen molar-refractivity contribution in [2.75, 3.05) is 6.61 Å². The lowest BCUT2D eigenvalue weighted by Crippen LogP contribution is -2.36. The Hall–Kier alpha value is -0.780. The molecule has 0 heterocycles. The molecule has 1 aliphatic rings. The number of nitrogens with one attached hydrogen (secondary N) is 1. The maximum absolute atomic E-state index is 11.5.